The third kappa shape index (κ3) is 3.00. The number of carboxylic acid groups (broad SMARTS) is 1. The van der Waals surface area contributed by atoms with E-state index in [-0.39, 0.29) is 19.0 Å². The number of carboxylic acids is 1. The zero-order valence-corrected chi connectivity index (χ0v) is 14.7. The molecule has 0 unspecified atom stereocenters. The van der Waals surface area contributed by atoms with Gasteiger partial charge in [0.15, 0.2) is 0 Å². The molecule has 6 nitrogen and oxygen atoms in total. The van der Waals surface area contributed by atoms with Gasteiger partial charge < -0.3 is 14.6 Å². The predicted octanol–water partition coefficient (Wildman–Crippen LogP) is 2.22. The minimum Gasteiger partial charge on any atom is -0.481 e. The summed E-state index contributed by atoms with van der Waals surface area (Å²) in [6.45, 7) is 2.66. The summed E-state index contributed by atoms with van der Waals surface area (Å²) in [6.07, 6.45) is 2.50. The fourth-order valence-electron chi connectivity index (χ4n) is 3.12. The molecule has 0 aliphatic carbocycles. The molecule has 24 heavy (non-hydrogen) atoms. The Kier molecular flexibility index (Phi) is 4.54. The highest BCUT2D eigenvalue weighted by Gasteiger charge is 2.42. The Hall–Kier alpha value is -2.02. The highest BCUT2D eigenvalue weighted by molar-refractivity contribution is 7.97. The second-order valence-electron chi connectivity index (χ2n) is 6.47. The maximum atomic E-state index is 12.7. The van der Waals surface area contributed by atoms with Crippen LogP contribution in [0.2, 0.25) is 0 Å². The molecule has 1 fully saturated rings. The summed E-state index contributed by atoms with van der Waals surface area (Å²) in [5.74, 6) is 0.714. The molecule has 1 aromatic carbocycles. The van der Waals surface area contributed by atoms with E-state index in [1.807, 2.05) is 35.1 Å². The molecular formula is C17H21N3O3S. The van der Waals surface area contributed by atoms with Crippen molar-refractivity contribution in [2.24, 2.45) is 5.41 Å². The van der Waals surface area contributed by atoms with Crippen molar-refractivity contribution in [1.82, 2.24) is 14.5 Å². The van der Waals surface area contributed by atoms with E-state index in [1.54, 1.807) is 23.6 Å². The van der Waals surface area contributed by atoms with Crippen molar-refractivity contribution in [3.8, 4) is 0 Å². The van der Waals surface area contributed by atoms with E-state index in [9.17, 15) is 14.7 Å². The number of aliphatic carboxylic acids is 1. The molecule has 2 aromatic rings. The van der Waals surface area contributed by atoms with E-state index in [1.165, 1.54) is 0 Å². The second-order valence-corrected chi connectivity index (χ2v) is 7.33. The summed E-state index contributed by atoms with van der Waals surface area (Å²) in [7, 11) is 0. The number of hydrogen-bond acceptors (Lipinski definition) is 4. The van der Waals surface area contributed by atoms with Gasteiger partial charge in [-0.1, -0.05) is 12.1 Å². The van der Waals surface area contributed by atoms with Crippen molar-refractivity contribution in [2.45, 2.75) is 25.6 Å². The van der Waals surface area contributed by atoms with Gasteiger partial charge in [0.2, 0.25) is 5.91 Å². The van der Waals surface area contributed by atoms with Gasteiger partial charge in [0.25, 0.3) is 0 Å². The SMILES string of the molecule is CSCc1nc2ccccc2n1CC(=O)N1CC[C@@](C)(C(=O)O)C1. The Balaban J connectivity index is 1.83. The summed E-state index contributed by atoms with van der Waals surface area (Å²) in [5, 5.41) is 9.33. The number of hydrogen-bond donors (Lipinski definition) is 1. The van der Waals surface area contributed by atoms with Crippen LogP contribution in [0.5, 0.6) is 0 Å². The van der Waals surface area contributed by atoms with E-state index >= 15 is 0 Å². The molecule has 0 radical (unpaired) electrons. The van der Waals surface area contributed by atoms with Gasteiger partial charge in [-0.25, -0.2) is 4.98 Å². The summed E-state index contributed by atoms with van der Waals surface area (Å²) >= 11 is 1.66. The molecule has 1 amide bonds. The average Bonchev–Trinajstić information content (AvgIpc) is 3.11. The van der Waals surface area contributed by atoms with Gasteiger partial charge in [0.05, 0.1) is 22.2 Å². The maximum Gasteiger partial charge on any atom is 0.311 e. The Morgan fingerprint density at radius 2 is 2.12 bits per heavy atom. The highest BCUT2D eigenvalue weighted by atomic mass is 32.2. The molecule has 3 rings (SSSR count). The lowest BCUT2D eigenvalue weighted by molar-refractivity contribution is -0.147. The molecule has 0 bridgehead atoms. The predicted molar refractivity (Wildman–Crippen MR) is 93.9 cm³/mol. The first-order valence-corrected chi connectivity index (χ1v) is 9.28. The highest BCUT2D eigenvalue weighted by Crippen LogP contribution is 2.30. The van der Waals surface area contributed by atoms with Crippen molar-refractivity contribution in [2.75, 3.05) is 19.3 Å². The number of thioether (sulfide) groups is 1. The number of para-hydroxylation sites is 2. The molecule has 1 saturated heterocycles. The number of imidazole rings is 1. The lowest BCUT2D eigenvalue weighted by Crippen LogP contribution is -2.36. The molecule has 0 saturated carbocycles. The number of benzene rings is 1. The number of nitrogens with zero attached hydrogens (tertiary/aromatic N) is 3. The fourth-order valence-corrected chi connectivity index (χ4v) is 3.60. The fraction of sp³-hybridized carbons (Fsp3) is 0.471. The van der Waals surface area contributed by atoms with Crippen LogP contribution in [-0.2, 0) is 21.9 Å². The molecule has 0 spiro atoms. The molecule has 128 valence electrons. The van der Waals surface area contributed by atoms with Crippen LogP contribution in [0.25, 0.3) is 11.0 Å². The largest absolute Gasteiger partial charge is 0.481 e. The zero-order chi connectivity index (χ0) is 17.3. The molecule has 1 aliphatic heterocycles. The van der Waals surface area contributed by atoms with Gasteiger partial charge in [-0.05, 0) is 31.7 Å². The van der Waals surface area contributed by atoms with E-state index in [0.717, 1.165) is 22.6 Å². The first-order valence-electron chi connectivity index (χ1n) is 7.89. The van der Waals surface area contributed by atoms with Gasteiger partial charge in [-0.3, -0.25) is 9.59 Å². The Bertz CT molecular complexity index is 788. The smallest absolute Gasteiger partial charge is 0.311 e. The van der Waals surface area contributed by atoms with E-state index in [0.29, 0.717) is 13.0 Å². The number of amides is 1. The monoisotopic (exact) mass is 347 g/mol. The Labute approximate surface area is 144 Å². The normalized spacial score (nSPS) is 20.7. The number of fused-ring (bicyclic) bond motifs is 1. The minimum atomic E-state index is -0.839. The zero-order valence-electron chi connectivity index (χ0n) is 13.9. The average molecular weight is 347 g/mol. The number of carbonyl (C=O) groups is 2. The van der Waals surface area contributed by atoms with Crippen LogP contribution in [-0.4, -0.2) is 50.8 Å². The second kappa shape index (κ2) is 6.47. The van der Waals surface area contributed by atoms with Crippen LogP contribution in [0.3, 0.4) is 0 Å². The topological polar surface area (TPSA) is 75.4 Å². The summed E-state index contributed by atoms with van der Waals surface area (Å²) in [5.41, 5.74) is 0.982. The number of rotatable bonds is 5. The van der Waals surface area contributed by atoms with Crippen molar-refractivity contribution >= 4 is 34.7 Å². The number of aromatic nitrogens is 2. The Morgan fingerprint density at radius 1 is 1.38 bits per heavy atom. The summed E-state index contributed by atoms with van der Waals surface area (Å²) < 4.78 is 1.95. The third-order valence-electron chi connectivity index (χ3n) is 4.64. The standard InChI is InChI=1S/C17H21N3O3S/c1-17(16(22)23)7-8-19(11-17)15(21)9-20-13-6-4-3-5-12(13)18-14(20)10-24-2/h3-6H,7-11H2,1-2H3,(H,22,23)/t17-/m1/s1. The lowest BCUT2D eigenvalue weighted by atomic mass is 9.90. The van der Waals surface area contributed by atoms with E-state index < -0.39 is 11.4 Å². The van der Waals surface area contributed by atoms with Crippen LogP contribution >= 0.6 is 11.8 Å². The van der Waals surface area contributed by atoms with Gasteiger partial charge in [-0.15, -0.1) is 0 Å². The molecule has 1 aliphatic rings. The number of carbonyl (C=O) groups excluding carboxylic acids is 1. The number of likely N-dealkylation sites (tertiary alicyclic amines) is 1. The molecule has 7 heteroatoms. The molecular weight excluding hydrogens is 326 g/mol. The lowest BCUT2D eigenvalue weighted by Gasteiger charge is -2.21. The maximum absolute atomic E-state index is 12.7. The summed E-state index contributed by atoms with van der Waals surface area (Å²) in [4.78, 5) is 30.3. The van der Waals surface area contributed by atoms with Crippen molar-refractivity contribution < 1.29 is 14.7 Å². The van der Waals surface area contributed by atoms with E-state index in [2.05, 4.69) is 4.98 Å². The van der Waals surface area contributed by atoms with Crippen molar-refractivity contribution in [3.63, 3.8) is 0 Å². The first kappa shape index (κ1) is 16.8. The Morgan fingerprint density at radius 3 is 2.79 bits per heavy atom. The van der Waals surface area contributed by atoms with Crippen LogP contribution in [0, 0.1) is 5.41 Å². The van der Waals surface area contributed by atoms with E-state index in [4.69, 9.17) is 0 Å². The van der Waals surface area contributed by atoms with Crippen LogP contribution in [0.15, 0.2) is 24.3 Å². The molecule has 1 N–H and O–H groups in total. The van der Waals surface area contributed by atoms with Crippen LogP contribution in [0.1, 0.15) is 19.2 Å². The van der Waals surface area contributed by atoms with Crippen molar-refractivity contribution in [1.29, 1.82) is 0 Å². The van der Waals surface area contributed by atoms with Crippen LogP contribution < -0.4 is 0 Å². The third-order valence-corrected chi connectivity index (χ3v) is 5.19. The quantitative estimate of drug-likeness (QED) is 0.898. The molecule has 2 heterocycles. The van der Waals surface area contributed by atoms with Gasteiger partial charge in [-0.2, -0.15) is 11.8 Å². The van der Waals surface area contributed by atoms with Gasteiger partial charge >= 0.3 is 5.97 Å². The molecule has 1 aromatic heterocycles. The van der Waals surface area contributed by atoms with Gasteiger partial charge in [0.1, 0.15) is 12.4 Å². The minimum absolute atomic E-state index is 0.0505. The molecule has 1 atom stereocenters. The van der Waals surface area contributed by atoms with Crippen molar-refractivity contribution in [3.05, 3.63) is 30.1 Å². The summed E-state index contributed by atoms with van der Waals surface area (Å²) in [6, 6.07) is 7.77. The van der Waals surface area contributed by atoms with Crippen LogP contribution in [0.4, 0.5) is 0 Å². The first-order chi connectivity index (χ1) is 11.4. The van der Waals surface area contributed by atoms with Gasteiger partial charge in [0, 0.05) is 13.1 Å².